The highest BCUT2D eigenvalue weighted by Gasteiger charge is 2.40. The third kappa shape index (κ3) is 4.63. The first-order valence-corrected chi connectivity index (χ1v) is 18.8. The molecular weight excluding hydrogens is 639 g/mol. The Bertz CT molecular complexity index is 2740. The van der Waals surface area contributed by atoms with Crippen LogP contribution in [0, 0.1) is 0 Å². The van der Waals surface area contributed by atoms with E-state index in [-0.39, 0.29) is 10.8 Å². The van der Waals surface area contributed by atoms with E-state index < -0.39 is 0 Å². The lowest BCUT2D eigenvalue weighted by Gasteiger charge is -2.34. The van der Waals surface area contributed by atoms with Crippen molar-refractivity contribution in [3.05, 3.63) is 198 Å². The van der Waals surface area contributed by atoms with E-state index in [0.717, 1.165) is 5.69 Å². The molecule has 1 nitrogen and oxygen atoms in total. The normalized spacial score (nSPS) is 14.3. The van der Waals surface area contributed by atoms with Crippen LogP contribution in [0.3, 0.4) is 0 Å². The third-order valence-corrected chi connectivity index (χ3v) is 12.0. The maximum absolute atomic E-state index is 2.54. The predicted octanol–water partition coefficient (Wildman–Crippen LogP) is 14.3. The number of hydrogen-bond donors (Lipinski definition) is 0. The molecule has 0 amide bonds. The molecule has 2 aliphatic carbocycles. The van der Waals surface area contributed by atoms with Crippen molar-refractivity contribution < 1.29 is 0 Å². The molecule has 0 spiro atoms. The smallest absolute Gasteiger partial charge is 0.0540 e. The molecule has 0 saturated heterocycles. The molecule has 53 heavy (non-hydrogen) atoms. The largest absolute Gasteiger partial charge is 0.310 e. The highest BCUT2D eigenvalue weighted by atomic mass is 15.1. The van der Waals surface area contributed by atoms with Crippen LogP contribution in [0.2, 0.25) is 0 Å². The van der Waals surface area contributed by atoms with Crippen LogP contribution in [0.1, 0.15) is 49.9 Å². The summed E-state index contributed by atoms with van der Waals surface area (Å²) in [6.07, 6.45) is 0. The highest BCUT2D eigenvalue weighted by Crippen LogP contribution is 2.57. The van der Waals surface area contributed by atoms with Gasteiger partial charge in [0.1, 0.15) is 0 Å². The molecule has 0 fully saturated rings. The molecule has 1 heteroatoms. The number of para-hydroxylation sites is 1. The van der Waals surface area contributed by atoms with Crippen LogP contribution in [-0.2, 0) is 10.8 Å². The van der Waals surface area contributed by atoms with Crippen LogP contribution in [-0.4, -0.2) is 0 Å². The molecule has 0 N–H and O–H groups in total. The number of nitrogens with zero attached hydrogens (tertiary/aromatic N) is 1. The average molecular weight is 680 g/mol. The Balaban J connectivity index is 1.26. The number of anilines is 3. The Kier molecular flexibility index (Phi) is 6.94. The molecular formula is C52H41N. The second kappa shape index (κ2) is 11.7. The molecule has 0 bridgehead atoms. The zero-order valence-electron chi connectivity index (χ0n) is 30.7. The van der Waals surface area contributed by atoms with Crippen LogP contribution in [0.4, 0.5) is 17.1 Å². The van der Waals surface area contributed by atoms with Crippen molar-refractivity contribution in [1.82, 2.24) is 0 Å². The molecule has 0 saturated carbocycles. The number of rotatable bonds is 5. The van der Waals surface area contributed by atoms with Gasteiger partial charge in [0.25, 0.3) is 0 Å². The summed E-state index contributed by atoms with van der Waals surface area (Å²) < 4.78 is 0. The lowest BCUT2D eigenvalue weighted by Crippen LogP contribution is -2.21. The topological polar surface area (TPSA) is 3.24 Å². The summed E-state index contributed by atoms with van der Waals surface area (Å²) in [6.45, 7) is 9.51. The van der Waals surface area contributed by atoms with Crippen molar-refractivity contribution in [2.45, 2.75) is 38.5 Å². The summed E-state index contributed by atoms with van der Waals surface area (Å²) >= 11 is 0. The van der Waals surface area contributed by atoms with Crippen molar-refractivity contribution in [3.63, 3.8) is 0 Å². The van der Waals surface area contributed by atoms with Crippen molar-refractivity contribution in [1.29, 1.82) is 0 Å². The van der Waals surface area contributed by atoms with Gasteiger partial charge in [-0.3, -0.25) is 0 Å². The van der Waals surface area contributed by atoms with E-state index >= 15 is 0 Å². The summed E-state index contributed by atoms with van der Waals surface area (Å²) in [7, 11) is 0. The highest BCUT2D eigenvalue weighted by molar-refractivity contribution is 6.01. The summed E-state index contributed by atoms with van der Waals surface area (Å²) in [6, 6.07) is 65.3. The minimum atomic E-state index is -0.195. The SMILES string of the molecule is CC1(C)c2ccccc2-c2c(-c3ccccc3N(c3cccc(-c4cccc5ccccc45)c3)c3cccc4c3C(C)(C)c3ccccc3-4)cccc21. The summed E-state index contributed by atoms with van der Waals surface area (Å²) in [4.78, 5) is 2.54. The Labute approximate surface area is 312 Å². The minimum Gasteiger partial charge on any atom is -0.310 e. The second-order valence-electron chi connectivity index (χ2n) is 15.7. The summed E-state index contributed by atoms with van der Waals surface area (Å²) in [5.74, 6) is 0. The van der Waals surface area contributed by atoms with Gasteiger partial charge in [0.2, 0.25) is 0 Å². The van der Waals surface area contributed by atoms with E-state index in [1.165, 1.54) is 88.9 Å². The average Bonchev–Trinajstić information content (AvgIpc) is 3.58. The molecule has 8 aromatic rings. The monoisotopic (exact) mass is 679 g/mol. The van der Waals surface area contributed by atoms with Gasteiger partial charge in [-0.1, -0.05) is 179 Å². The second-order valence-corrected chi connectivity index (χ2v) is 15.7. The van der Waals surface area contributed by atoms with Crippen LogP contribution in [0.5, 0.6) is 0 Å². The van der Waals surface area contributed by atoms with Crippen molar-refractivity contribution in [2.75, 3.05) is 4.90 Å². The first kappa shape index (κ1) is 31.5. The molecule has 0 radical (unpaired) electrons. The fraction of sp³-hybridized carbons (Fsp3) is 0.115. The van der Waals surface area contributed by atoms with Crippen LogP contribution < -0.4 is 4.90 Å². The quantitative estimate of drug-likeness (QED) is 0.175. The lowest BCUT2D eigenvalue weighted by atomic mass is 9.81. The van der Waals surface area contributed by atoms with Gasteiger partial charge in [-0.15, -0.1) is 0 Å². The van der Waals surface area contributed by atoms with Gasteiger partial charge in [-0.05, 0) is 96.2 Å². The van der Waals surface area contributed by atoms with Crippen LogP contribution >= 0.6 is 0 Å². The first-order valence-electron chi connectivity index (χ1n) is 18.8. The van der Waals surface area contributed by atoms with Gasteiger partial charge in [-0.25, -0.2) is 0 Å². The molecule has 0 aliphatic heterocycles. The molecule has 254 valence electrons. The Morgan fingerprint density at radius 2 is 0.925 bits per heavy atom. The lowest BCUT2D eigenvalue weighted by molar-refractivity contribution is 0.660. The Morgan fingerprint density at radius 1 is 0.377 bits per heavy atom. The summed E-state index contributed by atoms with van der Waals surface area (Å²) in [5.41, 5.74) is 19.0. The molecule has 2 aliphatic rings. The van der Waals surface area contributed by atoms with Crippen molar-refractivity contribution >= 4 is 27.8 Å². The zero-order chi connectivity index (χ0) is 35.9. The van der Waals surface area contributed by atoms with E-state index in [1.54, 1.807) is 0 Å². The van der Waals surface area contributed by atoms with E-state index in [0.29, 0.717) is 0 Å². The molecule has 0 atom stereocenters. The number of benzene rings is 8. The van der Waals surface area contributed by atoms with Gasteiger partial charge < -0.3 is 4.90 Å². The van der Waals surface area contributed by atoms with Crippen molar-refractivity contribution in [2.24, 2.45) is 0 Å². The van der Waals surface area contributed by atoms with Gasteiger partial charge in [0.05, 0.1) is 11.4 Å². The van der Waals surface area contributed by atoms with E-state index in [9.17, 15) is 0 Å². The van der Waals surface area contributed by atoms with Crippen LogP contribution in [0.15, 0.2) is 176 Å². The van der Waals surface area contributed by atoms with Gasteiger partial charge in [0.15, 0.2) is 0 Å². The summed E-state index contributed by atoms with van der Waals surface area (Å²) in [5, 5.41) is 2.51. The maximum Gasteiger partial charge on any atom is 0.0540 e. The number of hydrogen-bond acceptors (Lipinski definition) is 1. The maximum atomic E-state index is 2.54. The minimum absolute atomic E-state index is 0.0839. The Hall–Kier alpha value is -6.18. The number of fused-ring (bicyclic) bond motifs is 7. The fourth-order valence-electron chi connectivity index (χ4n) is 9.58. The molecule has 10 rings (SSSR count). The van der Waals surface area contributed by atoms with Gasteiger partial charge in [-0.2, -0.15) is 0 Å². The molecule has 0 heterocycles. The fourth-order valence-corrected chi connectivity index (χ4v) is 9.58. The van der Waals surface area contributed by atoms with Gasteiger partial charge >= 0.3 is 0 Å². The van der Waals surface area contributed by atoms with E-state index in [4.69, 9.17) is 0 Å². The molecule has 0 unspecified atom stereocenters. The molecule has 0 aromatic heterocycles. The third-order valence-electron chi connectivity index (χ3n) is 12.0. The standard InChI is InChI=1S/C52H41N/c1-51(2)45-29-11-8-24-43(45)49-41(26-15-30-46(49)51)40-23-9-12-31-47(40)53(48-32-16-27-42-39-22-7-10-28-44(39)52(3,4)50(42)48)36-20-13-19-35(33-36)38-25-14-18-34-17-5-6-21-37(34)38/h5-33H,1-4H3. The molecule has 8 aromatic carbocycles. The van der Waals surface area contributed by atoms with E-state index in [2.05, 4.69) is 209 Å². The zero-order valence-corrected chi connectivity index (χ0v) is 30.7. The van der Waals surface area contributed by atoms with Gasteiger partial charge in [0, 0.05) is 22.1 Å². The Morgan fingerprint density at radius 3 is 1.77 bits per heavy atom. The van der Waals surface area contributed by atoms with Crippen LogP contribution in [0.25, 0.3) is 55.3 Å². The predicted molar refractivity (Wildman–Crippen MR) is 225 cm³/mol. The first-order chi connectivity index (χ1) is 25.8. The van der Waals surface area contributed by atoms with Crippen molar-refractivity contribution in [3.8, 4) is 44.5 Å². The van der Waals surface area contributed by atoms with E-state index in [1.807, 2.05) is 0 Å².